The first-order chi connectivity index (χ1) is 12.4. The van der Waals surface area contributed by atoms with Gasteiger partial charge in [-0.25, -0.2) is 4.39 Å². The van der Waals surface area contributed by atoms with E-state index in [0.717, 1.165) is 12.0 Å². The van der Waals surface area contributed by atoms with E-state index in [-0.39, 0.29) is 23.5 Å². The highest BCUT2D eigenvalue weighted by molar-refractivity contribution is 7.18. The molecule has 8 heteroatoms. The van der Waals surface area contributed by atoms with Crippen LogP contribution in [0.2, 0.25) is 0 Å². The Morgan fingerprint density at radius 1 is 1.31 bits per heavy atom. The van der Waals surface area contributed by atoms with Gasteiger partial charge < -0.3 is 4.90 Å². The number of nitrogens with zero attached hydrogens (tertiary/aromatic N) is 3. The number of benzene rings is 1. The largest absolute Gasteiger partial charge is 0.331 e. The Morgan fingerprint density at radius 2 is 2.04 bits per heavy atom. The van der Waals surface area contributed by atoms with E-state index < -0.39 is 6.04 Å². The van der Waals surface area contributed by atoms with Crippen molar-refractivity contribution in [3.8, 4) is 10.6 Å². The summed E-state index contributed by atoms with van der Waals surface area (Å²) in [5.74, 6) is -0.282. The van der Waals surface area contributed by atoms with Crippen LogP contribution in [0.1, 0.15) is 33.1 Å². The first-order valence-electron chi connectivity index (χ1n) is 8.64. The van der Waals surface area contributed by atoms with Crippen LogP contribution >= 0.6 is 11.3 Å². The molecule has 138 valence electrons. The molecule has 1 aliphatic rings. The quantitative estimate of drug-likeness (QED) is 0.869. The highest BCUT2D eigenvalue weighted by atomic mass is 32.1. The summed E-state index contributed by atoms with van der Waals surface area (Å²) in [4.78, 5) is 26.6. The number of amides is 2. The molecule has 6 nitrogen and oxygen atoms in total. The number of rotatable bonds is 5. The summed E-state index contributed by atoms with van der Waals surface area (Å²) in [6.07, 6.45) is 1.91. The van der Waals surface area contributed by atoms with Crippen molar-refractivity contribution >= 4 is 28.3 Å². The van der Waals surface area contributed by atoms with Gasteiger partial charge >= 0.3 is 0 Å². The van der Waals surface area contributed by atoms with Crippen LogP contribution in [0.5, 0.6) is 0 Å². The molecule has 2 amide bonds. The fourth-order valence-electron chi connectivity index (χ4n) is 2.98. The number of anilines is 1. The number of likely N-dealkylation sites (tertiary alicyclic amines) is 1. The van der Waals surface area contributed by atoms with Gasteiger partial charge in [-0.05, 0) is 43.0 Å². The summed E-state index contributed by atoms with van der Waals surface area (Å²) < 4.78 is 13.0. The van der Waals surface area contributed by atoms with Gasteiger partial charge in [-0.1, -0.05) is 25.2 Å². The van der Waals surface area contributed by atoms with Crippen molar-refractivity contribution in [1.82, 2.24) is 15.1 Å². The smallest absolute Gasteiger partial charge is 0.249 e. The van der Waals surface area contributed by atoms with Crippen molar-refractivity contribution in [2.75, 3.05) is 11.9 Å². The van der Waals surface area contributed by atoms with Gasteiger partial charge in [-0.3, -0.25) is 14.9 Å². The molecule has 0 aliphatic carbocycles. The summed E-state index contributed by atoms with van der Waals surface area (Å²) >= 11 is 1.22. The molecule has 1 unspecified atom stereocenters. The molecule has 0 saturated carbocycles. The molecule has 0 spiro atoms. The third-order valence-corrected chi connectivity index (χ3v) is 5.09. The molecule has 0 radical (unpaired) electrons. The van der Waals surface area contributed by atoms with Crippen LogP contribution in [0.25, 0.3) is 10.6 Å². The van der Waals surface area contributed by atoms with Crippen molar-refractivity contribution < 1.29 is 14.0 Å². The van der Waals surface area contributed by atoms with E-state index in [1.165, 1.54) is 23.5 Å². The van der Waals surface area contributed by atoms with Crippen LogP contribution in [0, 0.1) is 11.7 Å². The molecule has 1 aromatic heterocycles. The van der Waals surface area contributed by atoms with Crippen LogP contribution in [-0.4, -0.2) is 39.5 Å². The third-order valence-electron chi connectivity index (χ3n) is 4.20. The fourth-order valence-corrected chi connectivity index (χ4v) is 3.73. The summed E-state index contributed by atoms with van der Waals surface area (Å²) in [5.41, 5.74) is 0.735. The van der Waals surface area contributed by atoms with Gasteiger partial charge in [0.25, 0.3) is 0 Å². The van der Waals surface area contributed by atoms with Crippen molar-refractivity contribution in [2.45, 2.75) is 39.2 Å². The molecule has 1 atom stereocenters. The highest BCUT2D eigenvalue weighted by Gasteiger charge is 2.34. The Morgan fingerprint density at radius 3 is 2.73 bits per heavy atom. The van der Waals surface area contributed by atoms with Crippen LogP contribution < -0.4 is 5.32 Å². The average molecular weight is 376 g/mol. The van der Waals surface area contributed by atoms with E-state index in [0.29, 0.717) is 29.5 Å². The Balaban J connectivity index is 1.66. The minimum atomic E-state index is -0.459. The summed E-state index contributed by atoms with van der Waals surface area (Å²) in [5, 5.41) is 11.8. The standard InChI is InChI=1S/C18H21FN4O2S/c1-11(2)10-15(24)23-9-3-4-14(23)16(25)20-18-22-21-17(26-18)12-5-7-13(19)8-6-12/h5-8,11,14H,3-4,9-10H2,1-2H3,(H,20,22,25). The molecule has 2 aromatic rings. The molecule has 1 fully saturated rings. The molecular weight excluding hydrogens is 355 g/mol. The Labute approximate surface area is 155 Å². The van der Waals surface area contributed by atoms with Crippen LogP contribution in [0.4, 0.5) is 9.52 Å². The molecule has 0 bridgehead atoms. The Kier molecular flexibility index (Phi) is 5.61. The zero-order valence-electron chi connectivity index (χ0n) is 14.7. The lowest BCUT2D eigenvalue weighted by Crippen LogP contribution is -2.43. The van der Waals surface area contributed by atoms with Crippen LogP contribution in [0.3, 0.4) is 0 Å². The topological polar surface area (TPSA) is 75.2 Å². The first-order valence-corrected chi connectivity index (χ1v) is 9.45. The number of halogens is 1. The second-order valence-electron chi connectivity index (χ2n) is 6.75. The van der Waals surface area contributed by atoms with Crippen molar-refractivity contribution in [2.24, 2.45) is 5.92 Å². The van der Waals surface area contributed by atoms with E-state index in [4.69, 9.17) is 0 Å². The third kappa shape index (κ3) is 4.24. The van der Waals surface area contributed by atoms with Gasteiger partial charge in [0.2, 0.25) is 16.9 Å². The van der Waals surface area contributed by atoms with Gasteiger partial charge in [-0.2, -0.15) is 0 Å². The first kappa shape index (κ1) is 18.4. The summed E-state index contributed by atoms with van der Waals surface area (Å²) in [7, 11) is 0. The van der Waals surface area contributed by atoms with Crippen molar-refractivity contribution in [1.29, 1.82) is 0 Å². The zero-order valence-corrected chi connectivity index (χ0v) is 15.6. The van der Waals surface area contributed by atoms with Crippen LogP contribution in [-0.2, 0) is 9.59 Å². The number of carbonyl (C=O) groups excluding carboxylic acids is 2. The lowest BCUT2D eigenvalue weighted by molar-refractivity contribution is -0.137. The van der Waals surface area contributed by atoms with Gasteiger partial charge in [0.05, 0.1) is 0 Å². The van der Waals surface area contributed by atoms with Gasteiger partial charge in [-0.15, -0.1) is 10.2 Å². The molecule has 1 N–H and O–H groups in total. The molecule has 3 rings (SSSR count). The van der Waals surface area contributed by atoms with E-state index in [1.807, 2.05) is 13.8 Å². The number of aromatic nitrogens is 2. The molecule has 2 heterocycles. The van der Waals surface area contributed by atoms with Gasteiger partial charge in [0, 0.05) is 18.5 Å². The normalized spacial score (nSPS) is 16.9. The molecule has 1 aromatic carbocycles. The second kappa shape index (κ2) is 7.90. The summed E-state index contributed by atoms with van der Waals surface area (Å²) in [6, 6.07) is 5.48. The predicted octanol–water partition coefficient (Wildman–Crippen LogP) is 3.32. The average Bonchev–Trinajstić information content (AvgIpc) is 3.24. The van der Waals surface area contributed by atoms with Crippen LogP contribution in [0.15, 0.2) is 24.3 Å². The predicted molar refractivity (Wildman–Crippen MR) is 98.1 cm³/mol. The maximum Gasteiger partial charge on any atom is 0.249 e. The maximum absolute atomic E-state index is 13.0. The minimum Gasteiger partial charge on any atom is -0.331 e. The molecule has 1 aliphatic heterocycles. The number of carbonyl (C=O) groups is 2. The van der Waals surface area contributed by atoms with E-state index in [1.54, 1.807) is 17.0 Å². The van der Waals surface area contributed by atoms with Crippen molar-refractivity contribution in [3.63, 3.8) is 0 Å². The SMILES string of the molecule is CC(C)CC(=O)N1CCCC1C(=O)Nc1nnc(-c2ccc(F)cc2)s1. The molecule has 1 saturated heterocycles. The maximum atomic E-state index is 13.0. The Bertz CT molecular complexity index is 791. The minimum absolute atomic E-state index is 0.0157. The number of nitrogens with one attached hydrogen (secondary N) is 1. The second-order valence-corrected chi connectivity index (χ2v) is 7.73. The van der Waals surface area contributed by atoms with E-state index in [9.17, 15) is 14.0 Å². The monoisotopic (exact) mass is 376 g/mol. The molecular formula is C18H21FN4O2S. The fraction of sp³-hybridized carbons (Fsp3) is 0.444. The zero-order chi connectivity index (χ0) is 18.7. The van der Waals surface area contributed by atoms with E-state index >= 15 is 0 Å². The number of hydrogen-bond acceptors (Lipinski definition) is 5. The summed E-state index contributed by atoms with van der Waals surface area (Å²) in [6.45, 7) is 4.59. The lowest BCUT2D eigenvalue weighted by atomic mass is 10.1. The van der Waals surface area contributed by atoms with Crippen molar-refractivity contribution in [3.05, 3.63) is 30.1 Å². The number of hydrogen-bond donors (Lipinski definition) is 1. The Hall–Kier alpha value is -2.35. The van der Waals surface area contributed by atoms with Gasteiger partial charge in [0.15, 0.2) is 0 Å². The molecule has 26 heavy (non-hydrogen) atoms. The highest BCUT2D eigenvalue weighted by Crippen LogP contribution is 2.27. The van der Waals surface area contributed by atoms with Gasteiger partial charge in [0.1, 0.15) is 16.9 Å². The lowest BCUT2D eigenvalue weighted by Gasteiger charge is -2.24. The van der Waals surface area contributed by atoms with E-state index in [2.05, 4.69) is 15.5 Å².